The smallest absolute Gasteiger partial charge is 0.487 e. The summed E-state index contributed by atoms with van der Waals surface area (Å²) in [6.07, 6.45) is 2.16. The Labute approximate surface area is 122 Å². The van der Waals surface area contributed by atoms with Crippen molar-refractivity contribution in [2.24, 2.45) is 0 Å². The first-order valence-corrected chi connectivity index (χ1v) is 5.74. The van der Waals surface area contributed by atoms with Crippen molar-refractivity contribution in [1.29, 1.82) is 0 Å². The summed E-state index contributed by atoms with van der Waals surface area (Å²) in [6, 6.07) is 11.4. The molecule has 6 heteroatoms. The van der Waals surface area contributed by atoms with Crippen LogP contribution in [-0.2, 0) is 4.74 Å². The zero-order valence-electron chi connectivity index (χ0n) is 10.9. The molecule has 1 aromatic carbocycles. The molecule has 0 unspecified atom stereocenters. The molecule has 0 radical (unpaired) electrons. The SMILES string of the molecule is CCO[C-](c1ccco1)n1nnc2ccccc21.[Li+]. The van der Waals surface area contributed by atoms with Gasteiger partial charge in [0.1, 0.15) is 0 Å². The van der Waals surface area contributed by atoms with Crippen molar-refractivity contribution in [2.75, 3.05) is 6.61 Å². The van der Waals surface area contributed by atoms with Gasteiger partial charge in [0.25, 0.3) is 0 Å². The molecular formula is C13H12LiN3O2. The monoisotopic (exact) mass is 249 g/mol. The van der Waals surface area contributed by atoms with Crippen LogP contribution >= 0.6 is 0 Å². The van der Waals surface area contributed by atoms with Crippen LogP contribution in [0.5, 0.6) is 0 Å². The third-order valence-electron chi connectivity index (χ3n) is 2.56. The van der Waals surface area contributed by atoms with Gasteiger partial charge in [0.05, 0.1) is 23.8 Å². The predicted molar refractivity (Wildman–Crippen MR) is 65.6 cm³/mol. The Bertz CT molecular complexity index is 636. The third-order valence-corrected chi connectivity index (χ3v) is 2.56. The molecule has 0 aliphatic rings. The van der Waals surface area contributed by atoms with Gasteiger partial charge in [0, 0.05) is 6.61 Å². The number of ether oxygens (including phenoxy) is 1. The molecule has 0 N–H and O–H groups in total. The van der Waals surface area contributed by atoms with E-state index < -0.39 is 0 Å². The Kier molecular flexibility index (Phi) is 4.33. The van der Waals surface area contributed by atoms with E-state index >= 15 is 0 Å². The zero-order valence-corrected chi connectivity index (χ0v) is 10.9. The van der Waals surface area contributed by atoms with Crippen LogP contribution in [0.4, 0.5) is 0 Å². The van der Waals surface area contributed by atoms with E-state index in [0.717, 1.165) is 11.0 Å². The maximum absolute atomic E-state index is 5.62. The maximum atomic E-state index is 5.62. The number of benzene rings is 1. The molecular weight excluding hydrogens is 237 g/mol. The van der Waals surface area contributed by atoms with Gasteiger partial charge in [-0.25, -0.2) is 0 Å². The Hall–Kier alpha value is -1.67. The van der Waals surface area contributed by atoms with E-state index in [1.54, 1.807) is 10.9 Å². The molecule has 5 nitrogen and oxygen atoms in total. The number of rotatable bonds is 4. The Morgan fingerprint density at radius 3 is 2.84 bits per heavy atom. The van der Waals surface area contributed by atoms with Crippen LogP contribution < -0.4 is 18.9 Å². The minimum absolute atomic E-state index is 0. The predicted octanol–water partition coefficient (Wildman–Crippen LogP) is -0.549. The van der Waals surface area contributed by atoms with Crippen LogP contribution in [-0.4, -0.2) is 21.6 Å². The van der Waals surface area contributed by atoms with Crippen molar-refractivity contribution in [3.8, 4) is 0 Å². The fourth-order valence-corrected chi connectivity index (χ4v) is 1.79. The van der Waals surface area contributed by atoms with Gasteiger partial charge in [0.2, 0.25) is 0 Å². The molecule has 3 aromatic rings. The summed E-state index contributed by atoms with van der Waals surface area (Å²) in [5.41, 5.74) is 1.71. The number of nitrogens with zero attached hydrogens (tertiary/aromatic N) is 3. The average molecular weight is 249 g/mol. The van der Waals surface area contributed by atoms with Crippen LogP contribution in [0.3, 0.4) is 0 Å². The average Bonchev–Trinajstić information content (AvgIpc) is 3.06. The van der Waals surface area contributed by atoms with Crippen molar-refractivity contribution >= 4 is 11.0 Å². The van der Waals surface area contributed by atoms with Crippen molar-refractivity contribution in [1.82, 2.24) is 15.0 Å². The fourth-order valence-electron chi connectivity index (χ4n) is 1.79. The standard InChI is InChI=1S/C13H12N3O2.Li/c1-2-17-13(12-8-5-9-18-12)16-11-7-4-3-6-10(11)14-15-16;/h3-9H,2H2,1H3;/q-1;+1. The van der Waals surface area contributed by atoms with E-state index in [0.29, 0.717) is 18.6 Å². The summed E-state index contributed by atoms with van der Waals surface area (Å²) >= 11 is 0. The molecule has 0 saturated heterocycles. The molecule has 0 aliphatic carbocycles. The van der Waals surface area contributed by atoms with Gasteiger partial charge in [-0.2, -0.15) is 0 Å². The zero-order chi connectivity index (χ0) is 12.4. The van der Waals surface area contributed by atoms with Crippen molar-refractivity contribution in [3.63, 3.8) is 0 Å². The van der Waals surface area contributed by atoms with Gasteiger partial charge in [0.15, 0.2) is 0 Å². The summed E-state index contributed by atoms with van der Waals surface area (Å²) in [4.78, 5) is 0. The summed E-state index contributed by atoms with van der Waals surface area (Å²) in [5.74, 6) is 0.632. The molecule has 3 rings (SSSR count). The van der Waals surface area contributed by atoms with E-state index in [2.05, 4.69) is 10.3 Å². The van der Waals surface area contributed by atoms with E-state index in [4.69, 9.17) is 9.15 Å². The number of hydrogen-bond donors (Lipinski definition) is 0. The summed E-state index contributed by atoms with van der Waals surface area (Å²) in [7, 11) is 0. The van der Waals surface area contributed by atoms with E-state index in [1.807, 2.05) is 43.3 Å². The van der Waals surface area contributed by atoms with E-state index in [9.17, 15) is 0 Å². The first-order chi connectivity index (χ1) is 8.90. The topological polar surface area (TPSA) is 53.1 Å². The van der Waals surface area contributed by atoms with Crippen molar-refractivity contribution < 1.29 is 28.0 Å². The second-order valence-corrected chi connectivity index (χ2v) is 3.71. The van der Waals surface area contributed by atoms with Crippen LogP contribution in [0, 0.1) is 6.23 Å². The van der Waals surface area contributed by atoms with Gasteiger partial charge in [-0.3, -0.25) is 4.68 Å². The maximum Gasteiger partial charge on any atom is 1.00 e. The largest absolute Gasteiger partial charge is 1.00 e. The van der Waals surface area contributed by atoms with Crippen LogP contribution in [0.25, 0.3) is 11.0 Å². The van der Waals surface area contributed by atoms with Crippen LogP contribution in [0.1, 0.15) is 12.7 Å². The summed E-state index contributed by atoms with van der Waals surface area (Å²) < 4.78 is 12.6. The Morgan fingerprint density at radius 2 is 2.11 bits per heavy atom. The first kappa shape index (κ1) is 13.8. The van der Waals surface area contributed by atoms with Gasteiger partial charge in [-0.1, -0.05) is 29.5 Å². The molecule has 0 aliphatic heterocycles. The second kappa shape index (κ2) is 5.98. The fraction of sp³-hybridized carbons (Fsp3) is 0.154. The molecule has 2 aromatic heterocycles. The number of furan rings is 1. The molecule has 0 fully saturated rings. The van der Waals surface area contributed by atoms with Crippen molar-refractivity contribution in [2.45, 2.75) is 6.92 Å². The Morgan fingerprint density at radius 1 is 1.26 bits per heavy atom. The first-order valence-electron chi connectivity index (χ1n) is 5.74. The minimum Gasteiger partial charge on any atom is -0.487 e. The number of para-hydroxylation sites is 1. The molecule has 0 saturated carbocycles. The van der Waals surface area contributed by atoms with Gasteiger partial charge < -0.3 is 9.15 Å². The van der Waals surface area contributed by atoms with Crippen molar-refractivity contribution in [3.05, 3.63) is 54.6 Å². The van der Waals surface area contributed by atoms with E-state index in [-0.39, 0.29) is 18.9 Å². The van der Waals surface area contributed by atoms with Crippen LogP contribution in [0.2, 0.25) is 0 Å². The molecule has 0 spiro atoms. The quantitative estimate of drug-likeness (QED) is 0.460. The molecule has 19 heavy (non-hydrogen) atoms. The van der Waals surface area contributed by atoms with E-state index in [1.165, 1.54) is 0 Å². The molecule has 92 valence electrons. The normalized spacial score (nSPS) is 10.4. The second-order valence-electron chi connectivity index (χ2n) is 3.71. The third kappa shape index (κ3) is 2.54. The summed E-state index contributed by atoms with van der Waals surface area (Å²) in [5, 5.41) is 8.22. The van der Waals surface area contributed by atoms with Gasteiger partial charge in [-0.05, 0) is 18.5 Å². The summed E-state index contributed by atoms with van der Waals surface area (Å²) in [6.45, 7) is 2.45. The molecule has 0 amide bonds. The van der Waals surface area contributed by atoms with Gasteiger partial charge in [-0.15, -0.1) is 11.2 Å². The minimum atomic E-state index is 0. The molecule has 0 bridgehead atoms. The Balaban J connectivity index is 0.00000133. The number of hydrogen-bond acceptors (Lipinski definition) is 4. The molecule has 2 heterocycles. The number of fused-ring (bicyclic) bond motifs is 1. The van der Waals surface area contributed by atoms with Crippen LogP contribution in [0.15, 0.2) is 47.1 Å². The molecule has 0 atom stereocenters. The number of aromatic nitrogens is 3. The van der Waals surface area contributed by atoms with Gasteiger partial charge >= 0.3 is 18.9 Å².